The zero-order chi connectivity index (χ0) is 23.8. The molecule has 0 aromatic heterocycles. The van der Waals surface area contributed by atoms with Crippen LogP contribution in [0.25, 0.3) is 0 Å². The summed E-state index contributed by atoms with van der Waals surface area (Å²) in [5, 5.41) is 6.25. The van der Waals surface area contributed by atoms with Crippen molar-refractivity contribution in [3.63, 3.8) is 0 Å². The Morgan fingerprint density at radius 3 is 2.48 bits per heavy atom. The van der Waals surface area contributed by atoms with E-state index in [9.17, 15) is 14.4 Å². The third-order valence-corrected chi connectivity index (χ3v) is 5.96. The van der Waals surface area contributed by atoms with E-state index in [2.05, 4.69) is 17.2 Å². The van der Waals surface area contributed by atoms with Crippen LogP contribution in [0.15, 0.2) is 61.2 Å². The number of piperidine rings is 1. The second-order valence-electron chi connectivity index (χ2n) is 7.85. The van der Waals surface area contributed by atoms with Crippen LogP contribution in [0.2, 0.25) is 5.02 Å². The first kappa shape index (κ1) is 24.3. The molecule has 1 saturated heterocycles. The van der Waals surface area contributed by atoms with Gasteiger partial charge in [-0.15, -0.1) is 6.58 Å². The van der Waals surface area contributed by atoms with E-state index >= 15 is 0 Å². The molecule has 0 aliphatic carbocycles. The highest BCUT2D eigenvalue weighted by atomic mass is 35.5. The average Bonchev–Trinajstić information content (AvgIpc) is 2.86. The van der Waals surface area contributed by atoms with E-state index < -0.39 is 6.04 Å². The van der Waals surface area contributed by atoms with Gasteiger partial charge in [0, 0.05) is 35.8 Å². The first-order valence-electron chi connectivity index (χ1n) is 10.8. The van der Waals surface area contributed by atoms with Gasteiger partial charge in [-0.3, -0.25) is 14.4 Å². The number of rotatable bonds is 8. The fourth-order valence-electron chi connectivity index (χ4n) is 3.88. The number of ether oxygens (including phenoxy) is 1. The predicted molar refractivity (Wildman–Crippen MR) is 128 cm³/mol. The SMILES string of the molecule is C=CCNC(=O)[C@@H](NC(=O)c1cccc(OC)c1)C1CCN(C(=O)c2ccc(Cl)cc2)CC1. The molecule has 0 radical (unpaired) electrons. The number of carbonyl (C=O) groups is 3. The molecule has 0 spiro atoms. The van der Waals surface area contributed by atoms with Crippen molar-refractivity contribution in [1.82, 2.24) is 15.5 Å². The fourth-order valence-corrected chi connectivity index (χ4v) is 4.01. The molecule has 1 aliphatic rings. The topological polar surface area (TPSA) is 87.7 Å². The van der Waals surface area contributed by atoms with Crippen LogP contribution in [0.1, 0.15) is 33.6 Å². The molecule has 3 amide bonds. The Morgan fingerprint density at radius 2 is 1.85 bits per heavy atom. The van der Waals surface area contributed by atoms with Crippen LogP contribution in [-0.2, 0) is 4.79 Å². The summed E-state index contributed by atoms with van der Waals surface area (Å²) in [6, 6.07) is 12.8. The molecule has 1 heterocycles. The van der Waals surface area contributed by atoms with Crippen LogP contribution < -0.4 is 15.4 Å². The Kier molecular flexibility index (Phi) is 8.49. The van der Waals surface area contributed by atoms with Crippen molar-refractivity contribution in [3.8, 4) is 5.75 Å². The minimum absolute atomic E-state index is 0.0711. The zero-order valence-corrected chi connectivity index (χ0v) is 19.3. The molecule has 2 aromatic rings. The van der Waals surface area contributed by atoms with E-state index in [4.69, 9.17) is 16.3 Å². The molecule has 33 heavy (non-hydrogen) atoms. The second-order valence-corrected chi connectivity index (χ2v) is 8.29. The lowest BCUT2D eigenvalue weighted by Gasteiger charge is -2.35. The number of halogens is 1. The van der Waals surface area contributed by atoms with E-state index in [1.807, 2.05) is 0 Å². The van der Waals surface area contributed by atoms with Gasteiger partial charge in [-0.05, 0) is 61.2 Å². The van der Waals surface area contributed by atoms with Gasteiger partial charge in [-0.25, -0.2) is 0 Å². The van der Waals surface area contributed by atoms with Gasteiger partial charge >= 0.3 is 0 Å². The number of nitrogens with zero attached hydrogens (tertiary/aromatic N) is 1. The predicted octanol–water partition coefficient (Wildman–Crippen LogP) is 3.30. The Hall–Kier alpha value is -3.32. The molecule has 0 bridgehead atoms. The number of amides is 3. The van der Waals surface area contributed by atoms with Gasteiger partial charge in [0.15, 0.2) is 0 Å². The smallest absolute Gasteiger partial charge is 0.253 e. The lowest BCUT2D eigenvalue weighted by atomic mass is 9.88. The Balaban J connectivity index is 1.69. The van der Waals surface area contributed by atoms with Crippen molar-refractivity contribution in [2.45, 2.75) is 18.9 Å². The maximum absolute atomic E-state index is 12.9. The van der Waals surface area contributed by atoms with Crippen molar-refractivity contribution in [2.75, 3.05) is 26.7 Å². The quantitative estimate of drug-likeness (QED) is 0.581. The summed E-state index contributed by atoms with van der Waals surface area (Å²) in [6.07, 6.45) is 2.76. The molecule has 1 aliphatic heterocycles. The van der Waals surface area contributed by atoms with Gasteiger partial charge in [-0.2, -0.15) is 0 Å². The van der Waals surface area contributed by atoms with Gasteiger partial charge in [0.1, 0.15) is 11.8 Å². The number of nitrogens with one attached hydrogen (secondary N) is 2. The highest BCUT2D eigenvalue weighted by Gasteiger charge is 2.34. The van der Waals surface area contributed by atoms with Gasteiger partial charge < -0.3 is 20.3 Å². The average molecular weight is 470 g/mol. The van der Waals surface area contributed by atoms with Crippen molar-refractivity contribution in [3.05, 3.63) is 77.3 Å². The number of carbonyl (C=O) groups excluding carboxylic acids is 3. The number of methoxy groups -OCH3 is 1. The van der Waals surface area contributed by atoms with E-state index in [0.717, 1.165) is 0 Å². The Morgan fingerprint density at radius 1 is 1.15 bits per heavy atom. The first-order valence-corrected chi connectivity index (χ1v) is 11.2. The second kappa shape index (κ2) is 11.5. The zero-order valence-electron chi connectivity index (χ0n) is 18.6. The highest BCUT2D eigenvalue weighted by Crippen LogP contribution is 2.24. The molecule has 8 heteroatoms. The summed E-state index contributed by atoms with van der Waals surface area (Å²) in [7, 11) is 1.53. The fraction of sp³-hybridized carbons (Fsp3) is 0.320. The van der Waals surface area contributed by atoms with Crippen molar-refractivity contribution in [2.24, 2.45) is 5.92 Å². The standard InChI is InChI=1S/C25H28ClN3O4/c1-3-13-27-24(31)22(28-23(30)19-5-4-6-21(16-19)33-2)17-11-14-29(15-12-17)25(32)18-7-9-20(26)10-8-18/h3-10,16-17,22H,1,11-15H2,2H3,(H,27,31)(H,28,30)/t22-/m0/s1. The summed E-state index contributed by atoms with van der Waals surface area (Å²) >= 11 is 5.91. The number of benzene rings is 2. The lowest BCUT2D eigenvalue weighted by Crippen LogP contribution is -2.53. The van der Waals surface area contributed by atoms with Gasteiger partial charge in [0.25, 0.3) is 11.8 Å². The van der Waals surface area contributed by atoms with Gasteiger partial charge in [-0.1, -0.05) is 23.7 Å². The van der Waals surface area contributed by atoms with Gasteiger partial charge in [0.05, 0.1) is 7.11 Å². The molecular weight excluding hydrogens is 442 g/mol. The van der Waals surface area contributed by atoms with Crippen molar-refractivity contribution in [1.29, 1.82) is 0 Å². The monoisotopic (exact) mass is 469 g/mol. The molecule has 174 valence electrons. The normalized spacial score (nSPS) is 14.8. The van der Waals surface area contributed by atoms with Crippen LogP contribution in [-0.4, -0.2) is 55.4 Å². The lowest BCUT2D eigenvalue weighted by molar-refractivity contribution is -0.124. The van der Waals surface area contributed by atoms with Crippen LogP contribution in [0.3, 0.4) is 0 Å². The molecule has 7 nitrogen and oxygen atoms in total. The third-order valence-electron chi connectivity index (χ3n) is 5.71. The molecule has 0 unspecified atom stereocenters. The van der Waals surface area contributed by atoms with Crippen LogP contribution in [0.4, 0.5) is 0 Å². The van der Waals surface area contributed by atoms with Crippen molar-refractivity contribution < 1.29 is 19.1 Å². The van der Waals surface area contributed by atoms with Crippen LogP contribution in [0, 0.1) is 5.92 Å². The first-order chi connectivity index (χ1) is 15.9. The maximum Gasteiger partial charge on any atom is 0.253 e. The minimum Gasteiger partial charge on any atom is -0.497 e. The third kappa shape index (κ3) is 6.35. The summed E-state index contributed by atoms with van der Waals surface area (Å²) in [6.45, 7) is 4.92. The largest absolute Gasteiger partial charge is 0.497 e. The highest BCUT2D eigenvalue weighted by molar-refractivity contribution is 6.30. The number of likely N-dealkylation sites (tertiary alicyclic amines) is 1. The summed E-state index contributed by atoms with van der Waals surface area (Å²) in [5.41, 5.74) is 0.982. The summed E-state index contributed by atoms with van der Waals surface area (Å²) < 4.78 is 5.19. The van der Waals surface area contributed by atoms with Crippen LogP contribution in [0.5, 0.6) is 5.75 Å². The van der Waals surface area contributed by atoms with Crippen molar-refractivity contribution >= 4 is 29.3 Å². The Bertz CT molecular complexity index is 1000. The molecular formula is C25H28ClN3O4. The molecule has 1 atom stereocenters. The van der Waals surface area contributed by atoms with E-state index in [1.54, 1.807) is 59.5 Å². The summed E-state index contributed by atoms with van der Waals surface area (Å²) in [5.74, 6) is -0.248. The molecule has 3 rings (SSSR count). The molecule has 1 fully saturated rings. The van der Waals surface area contributed by atoms with Gasteiger partial charge in [0.2, 0.25) is 5.91 Å². The molecule has 2 N–H and O–H groups in total. The minimum atomic E-state index is -0.726. The number of hydrogen-bond donors (Lipinski definition) is 2. The number of hydrogen-bond acceptors (Lipinski definition) is 4. The van der Waals surface area contributed by atoms with E-state index in [1.165, 1.54) is 7.11 Å². The van der Waals surface area contributed by atoms with E-state index in [0.29, 0.717) is 54.4 Å². The maximum atomic E-state index is 12.9. The van der Waals surface area contributed by atoms with Crippen LogP contribution >= 0.6 is 11.6 Å². The molecule has 2 aromatic carbocycles. The molecule has 0 saturated carbocycles. The Labute approximate surface area is 198 Å². The summed E-state index contributed by atoms with van der Waals surface area (Å²) in [4.78, 5) is 40.3. The van der Waals surface area contributed by atoms with E-state index in [-0.39, 0.29) is 23.6 Å².